The third-order valence-electron chi connectivity index (χ3n) is 5.83. The zero-order valence-corrected chi connectivity index (χ0v) is 23.9. The van der Waals surface area contributed by atoms with Gasteiger partial charge in [0.1, 0.15) is 0 Å². The van der Waals surface area contributed by atoms with E-state index < -0.39 is 26.0 Å². The molecule has 0 aliphatic carbocycles. The first kappa shape index (κ1) is 28.4. The third-order valence-corrected chi connectivity index (χ3v) is 9.50. The molecule has 12 heteroatoms. The standard InChI is InChI=1S/C27H23Cl2N3O5S2/c1-18-3-6-21(29)17-26(18)31-38(34,35)24-15-9-22(10-16-24)30-27(33)19-4-11-23(12-5-19)32(2)39(36,37)25-13-7-20(28)8-14-25/h3-17,31H,1-2H3,(H,30,33). The second-order valence-corrected chi connectivity index (χ2v) is 13.0. The Morgan fingerprint density at radius 2 is 1.31 bits per heavy atom. The molecular formula is C27H23Cl2N3O5S2. The van der Waals surface area contributed by atoms with Crippen LogP contribution >= 0.6 is 23.2 Å². The molecule has 1 amide bonds. The van der Waals surface area contributed by atoms with Crippen LogP contribution in [0.3, 0.4) is 0 Å². The summed E-state index contributed by atoms with van der Waals surface area (Å²) >= 11 is 11.8. The number of aryl methyl sites for hydroxylation is 1. The van der Waals surface area contributed by atoms with Gasteiger partial charge in [-0.1, -0.05) is 29.3 Å². The number of rotatable bonds is 8. The van der Waals surface area contributed by atoms with Crippen molar-refractivity contribution in [2.45, 2.75) is 16.7 Å². The molecule has 0 bridgehead atoms. The van der Waals surface area contributed by atoms with Crippen LogP contribution in [0.15, 0.2) is 101 Å². The fourth-order valence-electron chi connectivity index (χ4n) is 3.55. The van der Waals surface area contributed by atoms with E-state index >= 15 is 0 Å². The Hall–Kier alpha value is -3.57. The molecule has 0 radical (unpaired) electrons. The summed E-state index contributed by atoms with van der Waals surface area (Å²) in [5, 5.41) is 3.52. The largest absolute Gasteiger partial charge is 0.322 e. The first-order chi connectivity index (χ1) is 18.4. The van der Waals surface area contributed by atoms with Crippen molar-refractivity contribution in [3.8, 4) is 0 Å². The Kier molecular flexibility index (Phi) is 8.22. The Labute approximate surface area is 237 Å². The van der Waals surface area contributed by atoms with Crippen molar-refractivity contribution in [2.24, 2.45) is 0 Å². The molecule has 0 saturated heterocycles. The van der Waals surface area contributed by atoms with Crippen LogP contribution in [0.5, 0.6) is 0 Å². The van der Waals surface area contributed by atoms with Crippen LogP contribution in [0.25, 0.3) is 0 Å². The summed E-state index contributed by atoms with van der Waals surface area (Å²) in [6.07, 6.45) is 0. The van der Waals surface area contributed by atoms with Crippen molar-refractivity contribution in [3.05, 3.63) is 112 Å². The van der Waals surface area contributed by atoms with Gasteiger partial charge in [-0.2, -0.15) is 0 Å². The highest BCUT2D eigenvalue weighted by Gasteiger charge is 2.22. The lowest BCUT2D eigenvalue weighted by Crippen LogP contribution is -2.26. The van der Waals surface area contributed by atoms with Crippen LogP contribution in [0, 0.1) is 6.92 Å². The van der Waals surface area contributed by atoms with Crippen molar-refractivity contribution in [3.63, 3.8) is 0 Å². The number of nitrogens with zero attached hydrogens (tertiary/aromatic N) is 1. The number of amides is 1. The van der Waals surface area contributed by atoms with Crippen molar-refractivity contribution in [1.82, 2.24) is 0 Å². The molecule has 4 aromatic carbocycles. The van der Waals surface area contributed by atoms with Crippen LogP contribution in [-0.4, -0.2) is 29.8 Å². The van der Waals surface area contributed by atoms with Crippen molar-refractivity contribution < 1.29 is 21.6 Å². The Balaban J connectivity index is 1.43. The summed E-state index contributed by atoms with van der Waals surface area (Å²) in [4.78, 5) is 12.8. The molecule has 202 valence electrons. The van der Waals surface area contributed by atoms with Crippen LogP contribution in [0.4, 0.5) is 17.1 Å². The zero-order chi connectivity index (χ0) is 28.4. The van der Waals surface area contributed by atoms with Crippen LogP contribution < -0.4 is 14.3 Å². The number of benzene rings is 4. The molecule has 0 heterocycles. The van der Waals surface area contributed by atoms with Crippen molar-refractivity contribution in [1.29, 1.82) is 0 Å². The second-order valence-electron chi connectivity index (χ2n) is 8.52. The zero-order valence-electron chi connectivity index (χ0n) is 20.7. The van der Waals surface area contributed by atoms with Gasteiger partial charge in [0.15, 0.2) is 0 Å². The van der Waals surface area contributed by atoms with E-state index in [0.29, 0.717) is 32.7 Å². The van der Waals surface area contributed by atoms with E-state index in [1.54, 1.807) is 19.1 Å². The molecular weight excluding hydrogens is 581 g/mol. The highest BCUT2D eigenvalue weighted by molar-refractivity contribution is 7.93. The van der Waals surface area contributed by atoms with Gasteiger partial charge in [-0.3, -0.25) is 13.8 Å². The van der Waals surface area contributed by atoms with Crippen molar-refractivity contribution in [2.75, 3.05) is 21.4 Å². The lowest BCUT2D eigenvalue weighted by molar-refractivity contribution is 0.102. The highest BCUT2D eigenvalue weighted by atomic mass is 35.5. The molecule has 0 unspecified atom stereocenters. The number of anilines is 3. The quantitative estimate of drug-likeness (QED) is 0.250. The first-order valence-corrected chi connectivity index (χ1v) is 15.1. The fraction of sp³-hybridized carbons (Fsp3) is 0.0741. The number of hydrogen-bond acceptors (Lipinski definition) is 5. The van der Waals surface area contributed by atoms with Gasteiger partial charge in [-0.15, -0.1) is 0 Å². The Bertz CT molecular complexity index is 1730. The van der Waals surface area contributed by atoms with E-state index in [1.165, 1.54) is 85.9 Å². The molecule has 0 aliphatic heterocycles. The number of carbonyl (C=O) groups is 1. The number of carbonyl (C=O) groups excluding carboxylic acids is 1. The molecule has 0 saturated carbocycles. The molecule has 0 atom stereocenters. The minimum atomic E-state index is -3.88. The van der Waals surface area contributed by atoms with E-state index in [0.717, 1.165) is 4.31 Å². The summed E-state index contributed by atoms with van der Waals surface area (Å²) in [6, 6.07) is 22.4. The van der Waals surface area contributed by atoms with Crippen LogP contribution in [0.2, 0.25) is 10.0 Å². The lowest BCUT2D eigenvalue weighted by Gasteiger charge is -2.20. The second kappa shape index (κ2) is 11.3. The maximum absolute atomic E-state index is 12.9. The fourth-order valence-corrected chi connectivity index (χ4v) is 6.17. The molecule has 39 heavy (non-hydrogen) atoms. The SMILES string of the molecule is Cc1ccc(Cl)cc1NS(=O)(=O)c1ccc(NC(=O)c2ccc(N(C)S(=O)(=O)c3ccc(Cl)cc3)cc2)cc1. The minimum absolute atomic E-state index is 0.00848. The number of hydrogen-bond donors (Lipinski definition) is 2. The van der Waals surface area contributed by atoms with Gasteiger partial charge >= 0.3 is 0 Å². The maximum atomic E-state index is 12.9. The lowest BCUT2D eigenvalue weighted by atomic mass is 10.2. The topological polar surface area (TPSA) is 113 Å². The van der Waals surface area contributed by atoms with Crippen LogP contribution in [0.1, 0.15) is 15.9 Å². The number of halogens is 2. The molecule has 0 fully saturated rings. The van der Waals surface area contributed by atoms with Crippen molar-refractivity contribution >= 4 is 66.2 Å². The minimum Gasteiger partial charge on any atom is -0.322 e. The molecule has 0 aromatic heterocycles. The molecule has 4 rings (SSSR count). The summed E-state index contributed by atoms with van der Waals surface area (Å²) in [6.45, 7) is 1.76. The van der Waals surface area contributed by atoms with Gasteiger partial charge in [0.2, 0.25) is 0 Å². The van der Waals surface area contributed by atoms with E-state index in [4.69, 9.17) is 23.2 Å². The molecule has 0 aliphatic rings. The van der Waals surface area contributed by atoms with E-state index in [9.17, 15) is 21.6 Å². The summed E-state index contributed by atoms with van der Waals surface area (Å²) in [5.41, 5.74) is 2.11. The van der Waals surface area contributed by atoms with E-state index in [-0.39, 0.29) is 15.4 Å². The summed E-state index contributed by atoms with van der Waals surface area (Å²) in [5.74, 6) is -0.451. The van der Waals surface area contributed by atoms with Gasteiger partial charge in [-0.05, 0) is 97.4 Å². The smallest absolute Gasteiger partial charge is 0.264 e. The number of nitrogens with one attached hydrogen (secondary N) is 2. The first-order valence-electron chi connectivity index (χ1n) is 11.4. The Morgan fingerprint density at radius 3 is 1.92 bits per heavy atom. The predicted octanol–water partition coefficient (Wildman–Crippen LogP) is 6.18. The Morgan fingerprint density at radius 1 is 0.744 bits per heavy atom. The highest BCUT2D eigenvalue weighted by Crippen LogP contribution is 2.26. The summed E-state index contributed by atoms with van der Waals surface area (Å²) in [7, 11) is -6.28. The van der Waals surface area contributed by atoms with Gasteiger partial charge in [-0.25, -0.2) is 16.8 Å². The third kappa shape index (κ3) is 6.54. The van der Waals surface area contributed by atoms with Crippen LogP contribution in [-0.2, 0) is 20.0 Å². The van der Waals surface area contributed by atoms with E-state index in [2.05, 4.69) is 10.0 Å². The molecule has 0 spiro atoms. The van der Waals surface area contributed by atoms with Gasteiger partial charge in [0.05, 0.1) is 21.2 Å². The monoisotopic (exact) mass is 603 g/mol. The maximum Gasteiger partial charge on any atom is 0.264 e. The normalized spacial score (nSPS) is 11.6. The van der Waals surface area contributed by atoms with Gasteiger partial charge in [0.25, 0.3) is 26.0 Å². The predicted molar refractivity (Wildman–Crippen MR) is 155 cm³/mol. The summed E-state index contributed by atoms with van der Waals surface area (Å²) < 4.78 is 55.0. The number of sulfonamides is 2. The van der Waals surface area contributed by atoms with E-state index in [1.807, 2.05) is 0 Å². The van der Waals surface area contributed by atoms with Gasteiger partial charge < -0.3 is 5.32 Å². The average molecular weight is 605 g/mol. The molecule has 2 N–H and O–H groups in total. The average Bonchev–Trinajstić information content (AvgIpc) is 2.91. The van der Waals surface area contributed by atoms with Gasteiger partial charge in [0, 0.05) is 28.3 Å². The molecule has 4 aromatic rings. The molecule has 8 nitrogen and oxygen atoms in total.